The molecule has 120 valence electrons. The van der Waals surface area contributed by atoms with Crippen LogP contribution in [0, 0.1) is 0 Å². The SMILES string of the molecule is CCNC(=NCCc1ccco1)N1CCSC(CC)C1.I. The Hall–Kier alpha value is -0.370. The van der Waals surface area contributed by atoms with Gasteiger partial charge in [0.1, 0.15) is 5.76 Å². The molecule has 2 heterocycles. The summed E-state index contributed by atoms with van der Waals surface area (Å²) < 4.78 is 5.35. The summed E-state index contributed by atoms with van der Waals surface area (Å²) in [5, 5.41) is 4.15. The highest BCUT2D eigenvalue weighted by Crippen LogP contribution is 2.21. The third-order valence-corrected chi connectivity index (χ3v) is 4.80. The van der Waals surface area contributed by atoms with E-state index in [9.17, 15) is 0 Å². The zero-order chi connectivity index (χ0) is 14.2. The van der Waals surface area contributed by atoms with Gasteiger partial charge in [0.05, 0.1) is 6.26 Å². The summed E-state index contributed by atoms with van der Waals surface area (Å²) >= 11 is 2.08. The lowest BCUT2D eigenvalue weighted by molar-refractivity contribution is 0.408. The molecule has 1 atom stereocenters. The molecule has 1 aromatic rings. The zero-order valence-corrected chi connectivity index (χ0v) is 16.0. The highest BCUT2D eigenvalue weighted by molar-refractivity contribution is 14.0. The summed E-state index contributed by atoms with van der Waals surface area (Å²) in [4.78, 5) is 7.14. The number of aliphatic imine (C=N–C) groups is 1. The van der Waals surface area contributed by atoms with Crippen molar-refractivity contribution < 1.29 is 4.42 Å². The Morgan fingerprint density at radius 1 is 1.52 bits per heavy atom. The first-order chi connectivity index (χ1) is 9.83. The molecule has 0 spiro atoms. The van der Waals surface area contributed by atoms with E-state index in [1.54, 1.807) is 6.26 Å². The molecule has 21 heavy (non-hydrogen) atoms. The molecule has 0 bridgehead atoms. The van der Waals surface area contributed by atoms with Gasteiger partial charge in [0.25, 0.3) is 0 Å². The molecule has 1 fully saturated rings. The van der Waals surface area contributed by atoms with Gasteiger partial charge in [0, 0.05) is 43.6 Å². The summed E-state index contributed by atoms with van der Waals surface area (Å²) in [6.07, 6.45) is 3.81. The predicted molar refractivity (Wildman–Crippen MR) is 102 cm³/mol. The van der Waals surface area contributed by atoms with Crippen molar-refractivity contribution in [2.75, 3.05) is 31.9 Å². The van der Waals surface area contributed by atoms with Gasteiger partial charge >= 0.3 is 0 Å². The molecule has 1 aliphatic rings. The Bertz CT molecular complexity index is 411. The molecular weight excluding hydrogens is 397 g/mol. The molecule has 0 aromatic carbocycles. The molecule has 0 radical (unpaired) electrons. The van der Waals surface area contributed by atoms with Crippen LogP contribution in [0.4, 0.5) is 0 Å². The van der Waals surface area contributed by atoms with Crippen molar-refractivity contribution in [3.05, 3.63) is 24.2 Å². The lowest BCUT2D eigenvalue weighted by Gasteiger charge is -2.34. The van der Waals surface area contributed by atoms with Crippen molar-refractivity contribution >= 4 is 41.7 Å². The van der Waals surface area contributed by atoms with Crippen LogP contribution in [0.3, 0.4) is 0 Å². The first kappa shape index (κ1) is 18.7. The maximum atomic E-state index is 5.35. The number of nitrogens with one attached hydrogen (secondary N) is 1. The number of hydrogen-bond acceptors (Lipinski definition) is 3. The minimum Gasteiger partial charge on any atom is -0.469 e. The normalized spacial score (nSPS) is 19.2. The van der Waals surface area contributed by atoms with Crippen molar-refractivity contribution in [1.29, 1.82) is 0 Å². The molecule has 1 aromatic heterocycles. The predicted octanol–water partition coefficient (Wildman–Crippen LogP) is 3.23. The van der Waals surface area contributed by atoms with E-state index in [0.29, 0.717) is 0 Å². The molecule has 1 saturated heterocycles. The van der Waals surface area contributed by atoms with E-state index in [-0.39, 0.29) is 24.0 Å². The second kappa shape index (κ2) is 10.4. The standard InChI is InChI=1S/C15H25N3OS.HI/c1-3-14-12-18(9-11-20-14)15(16-4-2)17-8-7-13-6-5-10-19-13;/h5-6,10,14H,3-4,7-9,11-12H2,1-2H3,(H,16,17);1H. The Balaban J connectivity index is 0.00000220. The van der Waals surface area contributed by atoms with Gasteiger partial charge in [-0.25, -0.2) is 0 Å². The van der Waals surface area contributed by atoms with Crippen LogP contribution in [-0.4, -0.2) is 48.0 Å². The van der Waals surface area contributed by atoms with Gasteiger partial charge in [-0.3, -0.25) is 4.99 Å². The minimum atomic E-state index is 0. The van der Waals surface area contributed by atoms with E-state index in [4.69, 9.17) is 9.41 Å². The van der Waals surface area contributed by atoms with E-state index in [2.05, 4.69) is 35.8 Å². The maximum absolute atomic E-state index is 5.35. The van der Waals surface area contributed by atoms with Crippen LogP contribution in [0.2, 0.25) is 0 Å². The molecule has 2 rings (SSSR count). The first-order valence-electron chi connectivity index (χ1n) is 7.50. The summed E-state index contributed by atoms with van der Waals surface area (Å²) in [7, 11) is 0. The lowest BCUT2D eigenvalue weighted by atomic mass is 10.3. The van der Waals surface area contributed by atoms with Gasteiger partial charge in [-0.15, -0.1) is 24.0 Å². The molecule has 4 nitrogen and oxygen atoms in total. The Labute approximate surface area is 149 Å². The van der Waals surface area contributed by atoms with Crippen LogP contribution in [0.15, 0.2) is 27.8 Å². The lowest BCUT2D eigenvalue weighted by Crippen LogP contribution is -2.48. The number of hydrogen-bond donors (Lipinski definition) is 1. The molecule has 1 aliphatic heterocycles. The van der Waals surface area contributed by atoms with Gasteiger partial charge in [0.2, 0.25) is 0 Å². The smallest absolute Gasteiger partial charge is 0.193 e. The van der Waals surface area contributed by atoms with Crippen molar-refractivity contribution in [2.45, 2.75) is 31.9 Å². The van der Waals surface area contributed by atoms with Crippen LogP contribution >= 0.6 is 35.7 Å². The van der Waals surface area contributed by atoms with Crippen LogP contribution < -0.4 is 5.32 Å². The van der Waals surface area contributed by atoms with Gasteiger partial charge in [-0.1, -0.05) is 6.92 Å². The van der Waals surface area contributed by atoms with Gasteiger partial charge in [-0.05, 0) is 25.5 Å². The third-order valence-electron chi connectivity index (χ3n) is 3.43. The molecule has 1 unspecified atom stereocenters. The minimum absolute atomic E-state index is 0. The molecule has 6 heteroatoms. The summed E-state index contributed by atoms with van der Waals surface area (Å²) in [6, 6.07) is 3.94. The average molecular weight is 423 g/mol. The summed E-state index contributed by atoms with van der Waals surface area (Å²) in [6.45, 7) is 8.28. The van der Waals surface area contributed by atoms with Crippen LogP contribution in [0.25, 0.3) is 0 Å². The largest absolute Gasteiger partial charge is 0.469 e. The Morgan fingerprint density at radius 3 is 3.05 bits per heavy atom. The summed E-state index contributed by atoms with van der Waals surface area (Å²) in [5.74, 6) is 3.25. The number of guanidine groups is 1. The van der Waals surface area contributed by atoms with E-state index in [1.807, 2.05) is 12.1 Å². The summed E-state index contributed by atoms with van der Waals surface area (Å²) in [5.41, 5.74) is 0. The third kappa shape index (κ3) is 6.10. The van der Waals surface area contributed by atoms with Gasteiger partial charge in [-0.2, -0.15) is 11.8 Å². The number of thioether (sulfide) groups is 1. The van der Waals surface area contributed by atoms with Gasteiger partial charge in [0.15, 0.2) is 5.96 Å². The van der Waals surface area contributed by atoms with Crippen molar-refractivity contribution in [3.63, 3.8) is 0 Å². The van der Waals surface area contributed by atoms with Crippen molar-refractivity contribution in [1.82, 2.24) is 10.2 Å². The molecule has 1 N–H and O–H groups in total. The monoisotopic (exact) mass is 423 g/mol. The van der Waals surface area contributed by atoms with Crippen molar-refractivity contribution in [3.8, 4) is 0 Å². The number of nitrogens with zero attached hydrogens (tertiary/aromatic N) is 2. The maximum Gasteiger partial charge on any atom is 0.193 e. The quantitative estimate of drug-likeness (QED) is 0.449. The number of rotatable bonds is 5. The second-order valence-corrected chi connectivity index (χ2v) is 6.32. The second-order valence-electron chi connectivity index (χ2n) is 4.91. The topological polar surface area (TPSA) is 40.8 Å². The van der Waals surface area contributed by atoms with Gasteiger partial charge < -0.3 is 14.6 Å². The zero-order valence-electron chi connectivity index (χ0n) is 12.9. The highest BCUT2D eigenvalue weighted by Gasteiger charge is 2.21. The number of furan rings is 1. The fourth-order valence-corrected chi connectivity index (χ4v) is 3.49. The number of halogens is 1. The van der Waals surface area contributed by atoms with E-state index < -0.39 is 0 Å². The van der Waals surface area contributed by atoms with Crippen LogP contribution in [0.5, 0.6) is 0 Å². The van der Waals surface area contributed by atoms with Crippen molar-refractivity contribution in [2.24, 2.45) is 4.99 Å². The van der Waals surface area contributed by atoms with Crippen LogP contribution in [-0.2, 0) is 6.42 Å². The highest BCUT2D eigenvalue weighted by atomic mass is 127. The molecule has 0 aliphatic carbocycles. The fourth-order valence-electron chi connectivity index (χ4n) is 2.31. The fraction of sp³-hybridized carbons (Fsp3) is 0.667. The average Bonchev–Trinajstić information content (AvgIpc) is 3.00. The van der Waals surface area contributed by atoms with E-state index >= 15 is 0 Å². The molecule has 0 amide bonds. The molecule has 0 saturated carbocycles. The van der Waals surface area contributed by atoms with Crippen LogP contribution in [0.1, 0.15) is 26.0 Å². The Morgan fingerprint density at radius 2 is 2.38 bits per heavy atom. The Kier molecular flexibility index (Phi) is 9.23. The first-order valence-corrected chi connectivity index (χ1v) is 8.55. The van der Waals surface area contributed by atoms with E-state index in [1.165, 1.54) is 12.2 Å². The molecular formula is C15H26IN3OS. The van der Waals surface area contributed by atoms with E-state index in [0.717, 1.165) is 49.6 Å².